The molecule has 3 atom stereocenters. The minimum Gasteiger partial charge on any atom is -0.480 e. The van der Waals surface area contributed by atoms with E-state index in [0.29, 0.717) is 38.6 Å². The lowest BCUT2D eigenvalue weighted by Crippen LogP contribution is -2.50. The Kier molecular flexibility index (Phi) is 4.45. The SMILES string of the molecule is O=C(O)[C@@H]1C[C@H]2CCCC[C@@H]2N1CC(=O)N1CCOCC1. The zero-order valence-corrected chi connectivity index (χ0v) is 12.4. The van der Waals surface area contributed by atoms with Gasteiger partial charge in [0.15, 0.2) is 0 Å². The fourth-order valence-electron chi connectivity index (χ4n) is 4.09. The number of carbonyl (C=O) groups excluding carboxylic acids is 1. The molecule has 21 heavy (non-hydrogen) atoms. The van der Waals surface area contributed by atoms with Crippen LogP contribution in [0.25, 0.3) is 0 Å². The van der Waals surface area contributed by atoms with E-state index < -0.39 is 12.0 Å². The van der Waals surface area contributed by atoms with E-state index in [0.717, 1.165) is 19.3 Å². The Morgan fingerprint density at radius 3 is 2.57 bits per heavy atom. The Bertz CT molecular complexity index is 408. The van der Waals surface area contributed by atoms with Gasteiger partial charge < -0.3 is 14.7 Å². The van der Waals surface area contributed by atoms with Crippen molar-refractivity contribution in [3.8, 4) is 0 Å². The fraction of sp³-hybridized carbons (Fsp3) is 0.867. The number of aliphatic carboxylic acids is 1. The molecule has 1 aliphatic carbocycles. The Labute approximate surface area is 125 Å². The van der Waals surface area contributed by atoms with Crippen molar-refractivity contribution in [1.29, 1.82) is 0 Å². The molecular weight excluding hydrogens is 272 g/mol. The van der Waals surface area contributed by atoms with Gasteiger partial charge in [-0.1, -0.05) is 12.8 Å². The number of nitrogens with zero attached hydrogens (tertiary/aromatic N) is 2. The Balaban J connectivity index is 1.68. The van der Waals surface area contributed by atoms with E-state index in [1.165, 1.54) is 6.42 Å². The van der Waals surface area contributed by atoms with Gasteiger partial charge in [0.05, 0.1) is 19.8 Å². The molecule has 118 valence electrons. The van der Waals surface area contributed by atoms with Crippen molar-refractivity contribution in [1.82, 2.24) is 9.80 Å². The molecule has 0 unspecified atom stereocenters. The van der Waals surface area contributed by atoms with Gasteiger partial charge in [0.2, 0.25) is 5.91 Å². The summed E-state index contributed by atoms with van der Waals surface area (Å²) in [4.78, 5) is 27.7. The van der Waals surface area contributed by atoms with Gasteiger partial charge in [-0.15, -0.1) is 0 Å². The largest absolute Gasteiger partial charge is 0.480 e. The van der Waals surface area contributed by atoms with Crippen LogP contribution in [-0.4, -0.2) is 71.7 Å². The summed E-state index contributed by atoms with van der Waals surface area (Å²) in [5.74, 6) is -0.271. The Morgan fingerprint density at radius 2 is 1.86 bits per heavy atom. The number of carboxylic acid groups (broad SMARTS) is 1. The summed E-state index contributed by atoms with van der Waals surface area (Å²) in [6.07, 6.45) is 5.19. The minimum atomic E-state index is -0.779. The normalized spacial score (nSPS) is 33.7. The first-order valence-corrected chi connectivity index (χ1v) is 8.01. The molecule has 1 N–H and O–H groups in total. The van der Waals surface area contributed by atoms with Gasteiger partial charge in [0, 0.05) is 19.1 Å². The number of ether oxygens (including phenoxy) is 1. The van der Waals surface area contributed by atoms with E-state index in [2.05, 4.69) is 0 Å². The molecule has 3 rings (SSSR count). The lowest BCUT2D eigenvalue weighted by atomic mass is 9.85. The molecule has 3 aliphatic rings. The molecule has 2 aliphatic heterocycles. The van der Waals surface area contributed by atoms with E-state index >= 15 is 0 Å². The van der Waals surface area contributed by atoms with E-state index in [-0.39, 0.29) is 18.5 Å². The van der Waals surface area contributed by atoms with Crippen molar-refractivity contribution >= 4 is 11.9 Å². The van der Waals surface area contributed by atoms with Gasteiger partial charge >= 0.3 is 5.97 Å². The van der Waals surface area contributed by atoms with Crippen LogP contribution in [0.4, 0.5) is 0 Å². The second kappa shape index (κ2) is 6.32. The molecule has 0 aromatic carbocycles. The molecule has 2 heterocycles. The first kappa shape index (κ1) is 14.8. The lowest BCUT2D eigenvalue weighted by Gasteiger charge is -2.34. The van der Waals surface area contributed by atoms with Crippen LogP contribution in [0.5, 0.6) is 0 Å². The summed E-state index contributed by atoms with van der Waals surface area (Å²) >= 11 is 0. The lowest BCUT2D eigenvalue weighted by molar-refractivity contribution is -0.145. The number of fused-ring (bicyclic) bond motifs is 1. The highest BCUT2D eigenvalue weighted by atomic mass is 16.5. The van der Waals surface area contributed by atoms with Crippen molar-refractivity contribution in [3.05, 3.63) is 0 Å². The van der Waals surface area contributed by atoms with Crippen molar-refractivity contribution < 1.29 is 19.4 Å². The molecule has 0 bridgehead atoms. The predicted octanol–water partition coefficient (Wildman–Crippen LogP) is 0.563. The number of hydrogen-bond donors (Lipinski definition) is 1. The van der Waals surface area contributed by atoms with Gasteiger partial charge in [-0.3, -0.25) is 14.5 Å². The molecule has 0 spiro atoms. The second-order valence-electron chi connectivity index (χ2n) is 6.37. The van der Waals surface area contributed by atoms with Crippen LogP contribution in [0.1, 0.15) is 32.1 Å². The van der Waals surface area contributed by atoms with Crippen molar-refractivity contribution in [2.45, 2.75) is 44.2 Å². The van der Waals surface area contributed by atoms with Crippen LogP contribution in [0.2, 0.25) is 0 Å². The van der Waals surface area contributed by atoms with Crippen LogP contribution >= 0.6 is 0 Å². The molecule has 0 aromatic rings. The highest BCUT2D eigenvalue weighted by Crippen LogP contribution is 2.39. The molecule has 6 nitrogen and oxygen atoms in total. The summed E-state index contributed by atoms with van der Waals surface area (Å²) < 4.78 is 5.26. The molecule has 1 amide bonds. The first-order valence-electron chi connectivity index (χ1n) is 8.01. The second-order valence-corrected chi connectivity index (χ2v) is 6.37. The minimum absolute atomic E-state index is 0.0516. The van der Waals surface area contributed by atoms with Crippen LogP contribution in [0.15, 0.2) is 0 Å². The third kappa shape index (κ3) is 3.06. The molecule has 2 saturated heterocycles. The first-order chi connectivity index (χ1) is 10.2. The van der Waals surface area contributed by atoms with Gasteiger partial charge in [0.1, 0.15) is 6.04 Å². The number of rotatable bonds is 3. The molecular formula is C15H24N2O4. The molecule has 6 heteroatoms. The number of hydrogen-bond acceptors (Lipinski definition) is 4. The number of likely N-dealkylation sites (tertiary alicyclic amines) is 1. The third-order valence-electron chi connectivity index (χ3n) is 5.19. The summed E-state index contributed by atoms with van der Waals surface area (Å²) in [6.45, 7) is 2.66. The maximum Gasteiger partial charge on any atom is 0.320 e. The van der Waals surface area contributed by atoms with Crippen molar-refractivity contribution in [3.63, 3.8) is 0 Å². The van der Waals surface area contributed by atoms with E-state index in [4.69, 9.17) is 4.74 Å². The Hall–Kier alpha value is -1.14. The quantitative estimate of drug-likeness (QED) is 0.824. The van der Waals surface area contributed by atoms with Crippen molar-refractivity contribution in [2.24, 2.45) is 5.92 Å². The maximum absolute atomic E-state index is 12.4. The molecule has 1 saturated carbocycles. The molecule has 0 radical (unpaired) electrons. The van der Waals surface area contributed by atoms with Gasteiger partial charge in [-0.2, -0.15) is 0 Å². The highest BCUT2D eigenvalue weighted by molar-refractivity contribution is 5.80. The summed E-state index contributed by atoms with van der Waals surface area (Å²) in [5.41, 5.74) is 0. The summed E-state index contributed by atoms with van der Waals surface area (Å²) in [6, 6.07) is -0.201. The zero-order chi connectivity index (χ0) is 14.8. The fourth-order valence-corrected chi connectivity index (χ4v) is 4.09. The monoisotopic (exact) mass is 296 g/mol. The average Bonchev–Trinajstić information content (AvgIpc) is 2.87. The summed E-state index contributed by atoms with van der Waals surface area (Å²) in [5, 5.41) is 9.47. The van der Waals surface area contributed by atoms with Crippen LogP contribution in [-0.2, 0) is 14.3 Å². The van der Waals surface area contributed by atoms with E-state index in [1.807, 2.05) is 4.90 Å². The maximum atomic E-state index is 12.4. The number of carbonyl (C=O) groups is 2. The Morgan fingerprint density at radius 1 is 1.14 bits per heavy atom. The number of amides is 1. The molecule has 3 fully saturated rings. The van der Waals surface area contributed by atoms with Gasteiger partial charge in [-0.25, -0.2) is 0 Å². The smallest absolute Gasteiger partial charge is 0.320 e. The van der Waals surface area contributed by atoms with Crippen LogP contribution in [0, 0.1) is 5.92 Å². The van der Waals surface area contributed by atoms with Crippen LogP contribution in [0.3, 0.4) is 0 Å². The highest BCUT2D eigenvalue weighted by Gasteiger charge is 2.46. The molecule has 0 aromatic heterocycles. The zero-order valence-electron chi connectivity index (χ0n) is 12.4. The van der Waals surface area contributed by atoms with Crippen molar-refractivity contribution in [2.75, 3.05) is 32.8 Å². The van der Waals surface area contributed by atoms with Gasteiger partial charge in [-0.05, 0) is 25.2 Å². The predicted molar refractivity (Wildman–Crippen MR) is 75.9 cm³/mol. The standard InChI is InChI=1S/C15H24N2O4/c18-14(16-5-7-21-8-6-16)10-17-12-4-2-1-3-11(12)9-13(17)15(19)20/h11-13H,1-10H2,(H,19,20)/t11-,12+,13+/m1/s1. The van der Waals surface area contributed by atoms with E-state index in [1.54, 1.807) is 4.90 Å². The topological polar surface area (TPSA) is 70.1 Å². The number of morpholine rings is 1. The van der Waals surface area contributed by atoms with E-state index in [9.17, 15) is 14.7 Å². The van der Waals surface area contributed by atoms with Crippen LogP contribution < -0.4 is 0 Å². The number of carboxylic acids is 1. The summed E-state index contributed by atoms with van der Waals surface area (Å²) in [7, 11) is 0. The third-order valence-corrected chi connectivity index (χ3v) is 5.19. The van der Waals surface area contributed by atoms with Gasteiger partial charge in [0.25, 0.3) is 0 Å². The average molecular weight is 296 g/mol.